The quantitative estimate of drug-likeness (QED) is 0.707. The lowest BCUT2D eigenvalue weighted by atomic mass is 9.97. The number of hydrogen-bond donors (Lipinski definition) is 0. The maximum Gasteiger partial charge on any atom is 0.311 e. The number of benzene rings is 1. The summed E-state index contributed by atoms with van der Waals surface area (Å²) in [5.41, 5.74) is 0.558. The fourth-order valence-electron chi connectivity index (χ4n) is 3.36. The molecular formula is C18H23N3O5S. The fourth-order valence-corrected chi connectivity index (χ4v) is 4.59. The van der Waals surface area contributed by atoms with Crippen LogP contribution in [0.3, 0.4) is 0 Å². The summed E-state index contributed by atoms with van der Waals surface area (Å²) < 4.78 is 33.8. The minimum Gasteiger partial charge on any atom is -0.452 e. The van der Waals surface area contributed by atoms with Gasteiger partial charge in [-0.05, 0) is 31.9 Å². The van der Waals surface area contributed by atoms with E-state index in [9.17, 15) is 18.0 Å². The van der Waals surface area contributed by atoms with Crippen LogP contribution in [0, 0.1) is 5.92 Å². The zero-order chi connectivity index (χ0) is 19.8. The van der Waals surface area contributed by atoms with Gasteiger partial charge in [0.05, 0.1) is 5.92 Å². The summed E-state index contributed by atoms with van der Waals surface area (Å²) in [6.45, 7) is 2.47. The van der Waals surface area contributed by atoms with Crippen molar-refractivity contribution in [2.45, 2.75) is 30.8 Å². The molecule has 3 rings (SSSR count). The molecule has 2 aliphatic rings. The van der Waals surface area contributed by atoms with E-state index in [1.807, 2.05) is 4.90 Å². The van der Waals surface area contributed by atoms with E-state index in [2.05, 4.69) is 4.40 Å². The normalized spacial score (nSPS) is 21.8. The van der Waals surface area contributed by atoms with Gasteiger partial charge >= 0.3 is 5.97 Å². The van der Waals surface area contributed by atoms with Gasteiger partial charge in [-0.15, -0.1) is 4.40 Å². The molecule has 0 saturated carbocycles. The summed E-state index contributed by atoms with van der Waals surface area (Å²) in [5, 5.41) is 0. The number of carbonyl (C=O) groups excluding carboxylic acids is 2. The van der Waals surface area contributed by atoms with Gasteiger partial charge in [-0.25, -0.2) is 0 Å². The number of rotatable bonds is 3. The number of sulfonamides is 1. The first kappa shape index (κ1) is 19.3. The number of amides is 1. The van der Waals surface area contributed by atoms with Crippen molar-refractivity contribution in [1.29, 1.82) is 0 Å². The Kier molecular flexibility index (Phi) is 5.23. The van der Waals surface area contributed by atoms with Crippen LogP contribution in [-0.4, -0.2) is 69.2 Å². The van der Waals surface area contributed by atoms with Crippen LogP contribution in [0.4, 0.5) is 0 Å². The zero-order valence-electron chi connectivity index (χ0n) is 15.6. The van der Waals surface area contributed by atoms with E-state index in [-0.39, 0.29) is 10.8 Å². The molecule has 0 aliphatic carbocycles. The molecular weight excluding hydrogens is 370 g/mol. The SMILES string of the molecule is C[C@H](OC(=O)[C@@H]1CCCN(C2=NS(=O)(=O)c3ccccc32)C1)C(=O)N(C)C. The summed E-state index contributed by atoms with van der Waals surface area (Å²) in [6.07, 6.45) is 0.476. The molecule has 1 aromatic carbocycles. The molecule has 0 unspecified atom stereocenters. The molecule has 9 heteroatoms. The maximum absolute atomic E-state index is 12.5. The first-order valence-corrected chi connectivity index (χ1v) is 10.3. The summed E-state index contributed by atoms with van der Waals surface area (Å²) in [6, 6.07) is 6.68. The van der Waals surface area contributed by atoms with Gasteiger partial charge in [0.2, 0.25) is 0 Å². The highest BCUT2D eigenvalue weighted by Crippen LogP contribution is 2.30. The first-order chi connectivity index (χ1) is 12.7. The second kappa shape index (κ2) is 7.30. The lowest BCUT2D eigenvalue weighted by Gasteiger charge is -2.33. The number of likely N-dealkylation sites (tertiary alicyclic amines) is 1. The average Bonchev–Trinajstić information content (AvgIpc) is 2.92. The minimum atomic E-state index is -3.70. The summed E-state index contributed by atoms with van der Waals surface area (Å²) in [5.74, 6) is -0.789. The minimum absolute atomic E-state index is 0.190. The number of piperidine rings is 1. The first-order valence-electron chi connectivity index (χ1n) is 8.81. The van der Waals surface area contributed by atoms with Crippen molar-refractivity contribution in [3.63, 3.8) is 0 Å². The number of carbonyl (C=O) groups is 2. The number of likely N-dealkylation sites (N-methyl/N-ethyl adjacent to an activating group) is 1. The molecule has 1 amide bonds. The molecule has 146 valence electrons. The van der Waals surface area contributed by atoms with E-state index in [1.165, 1.54) is 11.0 Å². The monoisotopic (exact) mass is 393 g/mol. The maximum atomic E-state index is 12.5. The number of ether oxygens (including phenoxy) is 1. The number of fused-ring (bicyclic) bond motifs is 1. The van der Waals surface area contributed by atoms with Crippen molar-refractivity contribution in [3.8, 4) is 0 Å². The molecule has 2 atom stereocenters. The van der Waals surface area contributed by atoms with Gasteiger partial charge in [0.15, 0.2) is 11.9 Å². The van der Waals surface area contributed by atoms with Gasteiger partial charge in [0, 0.05) is 32.7 Å². The third-order valence-corrected chi connectivity index (χ3v) is 6.07. The van der Waals surface area contributed by atoms with Crippen molar-refractivity contribution in [2.24, 2.45) is 10.3 Å². The van der Waals surface area contributed by atoms with E-state index in [0.717, 1.165) is 0 Å². The van der Waals surface area contributed by atoms with Gasteiger partial charge in [-0.1, -0.05) is 12.1 Å². The van der Waals surface area contributed by atoms with E-state index in [1.54, 1.807) is 39.2 Å². The van der Waals surface area contributed by atoms with Gasteiger partial charge in [0.25, 0.3) is 15.9 Å². The average molecular weight is 393 g/mol. The topological polar surface area (TPSA) is 96.3 Å². The van der Waals surface area contributed by atoms with Crippen molar-refractivity contribution in [2.75, 3.05) is 27.2 Å². The van der Waals surface area contributed by atoms with Crippen LogP contribution in [0.25, 0.3) is 0 Å². The molecule has 2 aliphatic heterocycles. The second-order valence-electron chi connectivity index (χ2n) is 6.98. The zero-order valence-corrected chi connectivity index (χ0v) is 16.4. The largest absolute Gasteiger partial charge is 0.452 e. The van der Waals surface area contributed by atoms with Crippen LogP contribution in [-0.2, 0) is 24.3 Å². The van der Waals surface area contributed by atoms with Gasteiger partial charge in [0.1, 0.15) is 4.90 Å². The molecule has 1 fully saturated rings. The Labute approximate surface area is 158 Å². The molecule has 8 nitrogen and oxygen atoms in total. The molecule has 0 radical (unpaired) electrons. The van der Waals surface area contributed by atoms with Crippen LogP contribution in [0.15, 0.2) is 33.6 Å². The second-order valence-corrected chi connectivity index (χ2v) is 8.56. The Hall–Kier alpha value is -2.42. The molecule has 0 N–H and O–H groups in total. The van der Waals surface area contributed by atoms with Crippen LogP contribution in [0.1, 0.15) is 25.3 Å². The van der Waals surface area contributed by atoms with Gasteiger partial charge in [-0.2, -0.15) is 8.42 Å². The van der Waals surface area contributed by atoms with Crippen LogP contribution < -0.4 is 0 Å². The number of esters is 1. The standard InChI is InChI=1S/C18H23N3O5S/c1-12(17(22)20(2)3)26-18(23)13-7-6-10-21(11-13)16-14-8-4-5-9-15(14)27(24,25)19-16/h4-5,8-9,12-13H,6-7,10-11H2,1-3H3/t12-,13+/m0/s1. The van der Waals surface area contributed by atoms with Crippen molar-refractivity contribution < 1.29 is 22.7 Å². The molecule has 1 saturated heterocycles. The molecule has 0 aromatic heterocycles. The molecule has 27 heavy (non-hydrogen) atoms. The molecule has 2 heterocycles. The third kappa shape index (κ3) is 3.83. The van der Waals surface area contributed by atoms with Gasteiger partial charge in [-0.3, -0.25) is 9.59 Å². The lowest BCUT2D eigenvalue weighted by molar-refractivity contribution is -0.162. The predicted octanol–water partition coefficient (Wildman–Crippen LogP) is 0.867. The van der Waals surface area contributed by atoms with Gasteiger partial charge < -0.3 is 14.5 Å². The van der Waals surface area contributed by atoms with E-state index >= 15 is 0 Å². The van der Waals surface area contributed by atoms with Crippen LogP contribution in [0.2, 0.25) is 0 Å². The van der Waals surface area contributed by atoms with Crippen molar-refractivity contribution >= 4 is 27.7 Å². The van der Waals surface area contributed by atoms with Crippen molar-refractivity contribution in [1.82, 2.24) is 9.80 Å². The predicted molar refractivity (Wildman–Crippen MR) is 98.7 cm³/mol. The van der Waals surface area contributed by atoms with E-state index in [0.29, 0.717) is 37.3 Å². The molecule has 1 aromatic rings. The lowest BCUT2D eigenvalue weighted by Crippen LogP contribution is -2.44. The Bertz CT molecular complexity index is 894. The number of hydrogen-bond acceptors (Lipinski definition) is 6. The molecule has 0 bridgehead atoms. The van der Waals surface area contributed by atoms with E-state index < -0.39 is 28.0 Å². The summed E-state index contributed by atoms with van der Waals surface area (Å²) >= 11 is 0. The third-order valence-electron chi connectivity index (χ3n) is 4.75. The Balaban J connectivity index is 1.74. The fraction of sp³-hybridized carbons (Fsp3) is 0.500. The highest BCUT2D eigenvalue weighted by Gasteiger charge is 2.36. The van der Waals surface area contributed by atoms with E-state index in [4.69, 9.17) is 4.74 Å². The highest BCUT2D eigenvalue weighted by molar-refractivity contribution is 7.90. The Morgan fingerprint density at radius 1 is 1.30 bits per heavy atom. The van der Waals surface area contributed by atoms with Crippen LogP contribution >= 0.6 is 0 Å². The van der Waals surface area contributed by atoms with Crippen molar-refractivity contribution in [3.05, 3.63) is 29.8 Å². The highest BCUT2D eigenvalue weighted by atomic mass is 32.2. The Morgan fingerprint density at radius 3 is 2.70 bits per heavy atom. The van der Waals surface area contributed by atoms with Crippen LogP contribution in [0.5, 0.6) is 0 Å². The Morgan fingerprint density at radius 2 is 2.00 bits per heavy atom. The summed E-state index contributed by atoms with van der Waals surface area (Å²) in [7, 11) is -0.497. The summed E-state index contributed by atoms with van der Waals surface area (Å²) in [4.78, 5) is 27.8. The number of nitrogens with zero attached hydrogens (tertiary/aromatic N) is 3. The molecule has 0 spiro atoms. The smallest absolute Gasteiger partial charge is 0.311 e. The number of amidine groups is 1.